The molecule has 1 saturated heterocycles. The molecule has 9 nitrogen and oxygen atoms in total. The second-order valence-corrected chi connectivity index (χ2v) is 10.4. The van der Waals surface area contributed by atoms with Gasteiger partial charge in [0.1, 0.15) is 5.56 Å². The highest BCUT2D eigenvalue weighted by Gasteiger charge is 2.28. The summed E-state index contributed by atoms with van der Waals surface area (Å²) in [4.78, 5) is 44.8. The molecule has 35 heavy (non-hydrogen) atoms. The number of carboxylic acid groups (broad SMARTS) is 1. The number of carboxylic acids is 1. The highest BCUT2D eigenvalue weighted by molar-refractivity contribution is 5.94. The predicted octanol–water partition coefficient (Wildman–Crippen LogP) is 3.44. The number of fused-ring (bicyclic) bond motifs is 1. The fourth-order valence-corrected chi connectivity index (χ4v) is 4.73. The SMILES string of the molecule is Cc1cc(C(C)Nc2ccn(C)c(=O)c2C(=O)O)c2nc(N3CCC(C)(C)CC3)n(C)c(=O)c2c1. The van der Waals surface area contributed by atoms with Crippen molar-refractivity contribution in [3.05, 3.63) is 61.8 Å². The molecule has 0 amide bonds. The number of hydrogen-bond acceptors (Lipinski definition) is 6. The molecule has 3 aromatic rings. The fourth-order valence-electron chi connectivity index (χ4n) is 4.73. The first-order chi connectivity index (χ1) is 16.4. The van der Waals surface area contributed by atoms with Crippen LogP contribution in [0.15, 0.2) is 34.0 Å². The summed E-state index contributed by atoms with van der Waals surface area (Å²) in [7, 11) is 3.27. The van der Waals surface area contributed by atoms with E-state index in [1.807, 2.05) is 26.0 Å². The Morgan fingerprint density at radius 1 is 1.14 bits per heavy atom. The van der Waals surface area contributed by atoms with Crippen molar-refractivity contribution in [2.45, 2.75) is 46.6 Å². The van der Waals surface area contributed by atoms with Crippen molar-refractivity contribution in [2.24, 2.45) is 19.5 Å². The number of hydrogen-bond donors (Lipinski definition) is 2. The Morgan fingerprint density at radius 3 is 2.43 bits per heavy atom. The number of aromatic nitrogens is 3. The summed E-state index contributed by atoms with van der Waals surface area (Å²) in [6.07, 6.45) is 3.56. The summed E-state index contributed by atoms with van der Waals surface area (Å²) in [6.45, 7) is 9.95. The molecule has 9 heteroatoms. The van der Waals surface area contributed by atoms with E-state index in [0.717, 1.165) is 37.1 Å². The Balaban J connectivity index is 1.82. The molecule has 4 rings (SSSR count). The first kappa shape index (κ1) is 24.5. The van der Waals surface area contributed by atoms with Crippen molar-refractivity contribution in [1.82, 2.24) is 14.1 Å². The monoisotopic (exact) mass is 479 g/mol. The Labute approximate surface area is 204 Å². The molecule has 1 aliphatic heterocycles. The van der Waals surface area contributed by atoms with Gasteiger partial charge in [0.05, 0.1) is 22.6 Å². The molecular formula is C26H33N5O4. The van der Waals surface area contributed by atoms with Crippen LogP contribution in [-0.4, -0.2) is 38.3 Å². The number of benzene rings is 1. The van der Waals surface area contributed by atoms with Crippen molar-refractivity contribution < 1.29 is 9.90 Å². The van der Waals surface area contributed by atoms with E-state index >= 15 is 0 Å². The molecular weight excluding hydrogens is 446 g/mol. The quantitative estimate of drug-likeness (QED) is 0.577. The zero-order chi connectivity index (χ0) is 25.7. The van der Waals surface area contributed by atoms with Crippen molar-refractivity contribution >= 4 is 28.5 Å². The number of nitrogens with zero attached hydrogens (tertiary/aromatic N) is 4. The Hall–Kier alpha value is -3.62. The van der Waals surface area contributed by atoms with E-state index in [0.29, 0.717) is 16.9 Å². The highest BCUT2D eigenvalue weighted by atomic mass is 16.4. The van der Waals surface area contributed by atoms with E-state index in [9.17, 15) is 19.5 Å². The van der Waals surface area contributed by atoms with Crippen LogP contribution < -0.4 is 21.3 Å². The van der Waals surface area contributed by atoms with Gasteiger partial charge in [-0.1, -0.05) is 19.9 Å². The van der Waals surface area contributed by atoms with Gasteiger partial charge in [-0.2, -0.15) is 0 Å². The van der Waals surface area contributed by atoms with Gasteiger partial charge in [0.25, 0.3) is 11.1 Å². The molecule has 186 valence electrons. The number of aromatic carboxylic acids is 1. The van der Waals surface area contributed by atoms with Gasteiger partial charge in [-0.15, -0.1) is 0 Å². The van der Waals surface area contributed by atoms with Crippen LogP contribution in [0.1, 0.15) is 61.1 Å². The van der Waals surface area contributed by atoms with Gasteiger partial charge in [0.2, 0.25) is 5.95 Å². The van der Waals surface area contributed by atoms with Crippen molar-refractivity contribution in [1.29, 1.82) is 0 Å². The summed E-state index contributed by atoms with van der Waals surface area (Å²) >= 11 is 0. The van der Waals surface area contributed by atoms with Crippen LogP contribution in [0.25, 0.3) is 10.9 Å². The van der Waals surface area contributed by atoms with Crippen LogP contribution in [0.2, 0.25) is 0 Å². The zero-order valence-electron chi connectivity index (χ0n) is 21.2. The van der Waals surface area contributed by atoms with E-state index in [1.54, 1.807) is 17.7 Å². The number of rotatable bonds is 5. The molecule has 2 aromatic heterocycles. The van der Waals surface area contributed by atoms with Gasteiger partial charge in [0, 0.05) is 38.9 Å². The van der Waals surface area contributed by atoms with Crippen LogP contribution in [0, 0.1) is 12.3 Å². The zero-order valence-corrected chi connectivity index (χ0v) is 21.2. The minimum absolute atomic E-state index is 0.119. The topological polar surface area (TPSA) is 109 Å². The molecule has 0 radical (unpaired) electrons. The van der Waals surface area contributed by atoms with Gasteiger partial charge in [0.15, 0.2) is 0 Å². The van der Waals surface area contributed by atoms with Gasteiger partial charge < -0.3 is 19.9 Å². The van der Waals surface area contributed by atoms with E-state index in [-0.39, 0.29) is 22.2 Å². The third-order valence-corrected chi connectivity index (χ3v) is 7.05. The average Bonchev–Trinajstić information content (AvgIpc) is 2.78. The average molecular weight is 480 g/mol. The Kier molecular flexibility index (Phi) is 6.21. The first-order valence-electron chi connectivity index (χ1n) is 11.9. The maximum absolute atomic E-state index is 13.4. The van der Waals surface area contributed by atoms with E-state index in [1.165, 1.54) is 17.8 Å². The van der Waals surface area contributed by atoms with Crippen LogP contribution >= 0.6 is 0 Å². The second kappa shape index (κ2) is 8.87. The molecule has 1 aromatic carbocycles. The normalized spacial score (nSPS) is 16.3. The lowest BCUT2D eigenvalue weighted by atomic mass is 9.83. The van der Waals surface area contributed by atoms with Crippen molar-refractivity contribution in [3.63, 3.8) is 0 Å². The summed E-state index contributed by atoms with van der Waals surface area (Å²) in [5, 5.41) is 13.3. The lowest BCUT2D eigenvalue weighted by Gasteiger charge is -2.38. The molecule has 0 aliphatic carbocycles. The van der Waals surface area contributed by atoms with E-state index in [4.69, 9.17) is 4.98 Å². The van der Waals surface area contributed by atoms with Crippen LogP contribution in [0.3, 0.4) is 0 Å². The molecule has 0 spiro atoms. The lowest BCUT2D eigenvalue weighted by molar-refractivity contribution is 0.0695. The molecule has 1 atom stereocenters. The van der Waals surface area contributed by atoms with Crippen molar-refractivity contribution in [2.75, 3.05) is 23.3 Å². The second-order valence-electron chi connectivity index (χ2n) is 10.4. The maximum Gasteiger partial charge on any atom is 0.343 e. The third-order valence-electron chi connectivity index (χ3n) is 7.05. The molecule has 0 saturated carbocycles. The lowest BCUT2D eigenvalue weighted by Crippen LogP contribution is -2.40. The molecule has 2 N–H and O–H groups in total. The van der Waals surface area contributed by atoms with Crippen LogP contribution in [0.4, 0.5) is 11.6 Å². The summed E-state index contributed by atoms with van der Waals surface area (Å²) in [5.41, 5.74) is 1.71. The number of nitrogens with one attached hydrogen (secondary N) is 1. The maximum atomic E-state index is 13.4. The summed E-state index contributed by atoms with van der Waals surface area (Å²) in [5.74, 6) is -0.660. The minimum atomic E-state index is -1.29. The van der Waals surface area contributed by atoms with Gasteiger partial charge in [-0.3, -0.25) is 14.2 Å². The standard InChI is InChI=1S/C26H33N5O4/c1-15-13-17(16(2)27-19-7-10-29(5)23(33)20(19)24(34)35)21-18(14-15)22(32)30(6)25(28-21)31-11-8-26(3,4)9-12-31/h7,10,13-14,16,27H,8-9,11-12H2,1-6H3,(H,34,35). The molecule has 1 aliphatic rings. The molecule has 3 heterocycles. The van der Waals surface area contributed by atoms with Gasteiger partial charge in [-0.05, 0) is 49.8 Å². The van der Waals surface area contributed by atoms with Gasteiger partial charge in [-0.25, -0.2) is 9.78 Å². The van der Waals surface area contributed by atoms with Crippen LogP contribution in [-0.2, 0) is 14.1 Å². The Bertz CT molecular complexity index is 1430. The first-order valence-corrected chi connectivity index (χ1v) is 11.9. The van der Waals surface area contributed by atoms with Crippen LogP contribution in [0.5, 0.6) is 0 Å². The van der Waals surface area contributed by atoms with E-state index < -0.39 is 17.6 Å². The van der Waals surface area contributed by atoms with Crippen molar-refractivity contribution in [3.8, 4) is 0 Å². The molecule has 1 fully saturated rings. The number of carbonyl (C=O) groups is 1. The summed E-state index contributed by atoms with van der Waals surface area (Å²) in [6, 6.07) is 4.96. The number of anilines is 2. The smallest absolute Gasteiger partial charge is 0.343 e. The molecule has 0 bridgehead atoms. The largest absolute Gasteiger partial charge is 0.477 e. The minimum Gasteiger partial charge on any atom is -0.477 e. The van der Waals surface area contributed by atoms with Gasteiger partial charge >= 0.3 is 5.97 Å². The Morgan fingerprint density at radius 2 is 1.80 bits per heavy atom. The highest BCUT2D eigenvalue weighted by Crippen LogP contribution is 2.33. The fraction of sp³-hybridized carbons (Fsp3) is 0.462. The van der Waals surface area contributed by atoms with E-state index in [2.05, 4.69) is 24.1 Å². The number of aryl methyl sites for hydroxylation is 2. The number of piperidine rings is 1. The third kappa shape index (κ3) is 4.54. The molecule has 1 unspecified atom stereocenters. The summed E-state index contributed by atoms with van der Waals surface area (Å²) < 4.78 is 2.85. The predicted molar refractivity (Wildman–Crippen MR) is 138 cm³/mol. The number of pyridine rings is 1.